The first-order valence-corrected chi connectivity index (χ1v) is 8.72. The van der Waals surface area contributed by atoms with Gasteiger partial charge in [0.2, 0.25) is 12.7 Å². The van der Waals surface area contributed by atoms with Crippen molar-refractivity contribution in [1.29, 1.82) is 0 Å². The zero-order valence-electron chi connectivity index (χ0n) is 14.9. The van der Waals surface area contributed by atoms with Crippen molar-refractivity contribution in [1.82, 2.24) is 14.9 Å². The lowest BCUT2D eigenvalue weighted by Crippen LogP contribution is -2.33. The minimum Gasteiger partial charge on any atom is -0.454 e. The van der Waals surface area contributed by atoms with E-state index in [1.807, 2.05) is 37.3 Å². The molecule has 2 heterocycles. The second-order valence-corrected chi connectivity index (χ2v) is 6.44. The molecule has 1 N–H and O–H groups in total. The fraction of sp³-hybridized carbons (Fsp3) is 0.250. The number of hydrogen-bond acceptors (Lipinski definition) is 5. The SMILES string of the molecule is Cc1cccc2c(=O)n(CC(=O)NCCc3ccc4c(c3)OCO4)cnc12. The average Bonchev–Trinajstić information content (AvgIpc) is 3.12. The van der Waals surface area contributed by atoms with Crippen molar-refractivity contribution in [3.05, 3.63) is 64.2 Å². The van der Waals surface area contributed by atoms with E-state index < -0.39 is 0 Å². The molecule has 138 valence electrons. The standard InChI is InChI=1S/C20H19N3O4/c1-13-3-2-4-15-19(13)22-11-23(20(15)25)10-18(24)21-8-7-14-5-6-16-17(9-14)27-12-26-16/h2-6,9,11H,7-8,10,12H2,1H3,(H,21,24). The van der Waals surface area contributed by atoms with Crippen molar-refractivity contribution in [2.75, 3.05) is 13.3 Å². The first kappa shape index (κ1) is 17.1. The van der Waals surface area contributed by atoms with Crippen molar-refractivity contribution in [3.63, 3.8) is 0 Å². The van der Waals surface area contributed by atoms with Crippen LogP contribution in [0.5, 0.6) is 11.5 Å². The van der Waals surface area contributed by atoms with Crippen LogP contribution in [0.25, 0.3) is 10.9 Å². The zero-order chi connectivity index (χ0) is 18.8. The summed E-state index contributed by atoms with van der Waals surface area (Å²) >= 11 is 0. The number of carbonyl (C=O) groups excluding carboxylic acids is 1. The Kier molecular flexibility index (Phi) is 4.50. The third kappa shape index (κ3) is 3.48. The summed E-state index contributed by atoms with van der Waals surface area (Å²) in [5.41, 5.74) is 2.43. The van der Waals surface area contributed by atoms with E-state index in [2.05, 4.69) is 10.3 Å². The maximum absolute atomic E-state index is 12.5. The number of nitrogens with one attached hydrogen (secondary N) is 1. The lowest BCUT2D eigenvalue weighted by molar-refractivity contribution is -0.121. The van der Waals surface area contributed by atoms with E-state index in [1.165, 1.54) is 10.9 Å². The molecule has 0 saturated carbocycles. The van der Waals surface area contributed by atoms with Crippen LogP contribution in [0, 0.1) is 6.92 Å². The van der Waals surface area contributed by atoms with Crippen LogP contribution < -0.4 is 20.3 Å². The molecule has 1 aliphatic heterocycles. The van der Waals surface area contributed by atoms with Crippen LogP contribution in [0.15, 0.2) is 47.5 Å². The average molecular weight is 365 g/mol. The van der Waals surface area contributed by atoms with Crippen molar-refractivity contribution in [2.45, 2.75) is 19.9 Å². The molecular formula is C20H19N3O4. The molecule has 2 aromatic carbocycles. The van der Waals surface area contributed by atoms with Crippen molar-refractivity contribution < 1.29 is 14.3 Å². The first-order valence-electron chi connectivity index (χ1n) is 8.72. The first-order chi connectivity index (χ1) is 13.1. The lowest BCUT2D eigenvalue weighted by atomic mass is 10.1. The lowest BCUT2D eigenvalue weighted by Gasteiger charge is -2.09. The fourth-order valence-corrected chi connectivity index (χ4v) is 3.10. The van der Waals surface area contributed by atoms with Gasteiger partial charge in [-0.15, -0.1) is 0 Å². The van der Waals surface area contributed by atoms with E-state index in [0.29, 0.717) is 23.9 Å². The number of rotatable bonds is 5. The van der Waals surface area contributed by atoms with Crippen molar-refractivity contribution >= 4 is 16.8 Å². The molecule has 3 aromatic rings. The Morgan fingerprint density at radius 2 is 2.07 bits per heavy atom. The minimum atomic E-state index is -0.230. The Morgan fingerprint density at radius 1 is 1.22 bits per heavy atom. The number of ether oxygens (including phenoxy) is 2. The van der Waals surface area contributed by atoms with E-state index in [1.54, 1.807) is 6.07 Å². The molecule has 0 fully saturated rings. The summed E-state index contributed by atoms with van der Waals surface area (Å²) in [6.45, 7) is 2.55. The number of aryl methyl sites for hydroxylation is 1. The Hall–Kier alpha value is -3.35. The van der Waals surface area contributed by atoms with Gasteiger partial charge in [0.1, 0.15) is 6.54 Å². The van der Waals surface area contributed by atoms with Crippen LogP contribution in [-0.4, -0.2) is 28.8 Å². The monoisotopic (exact) mass is 365 g/mol. The van der Waals surface area contributed by atoms with Crippen LogP contribution in [-0.2, 0) is 17.8 Å². The third-order valence-electron chi connectivity index (χ3n) is 4.54. The third-order valence-corrected chi connectivity index (χ3v) is 4.54. The number of amides is 1. The number of carbonyl (C=O) groups is 1. The van der Waals surface area contributed by atoms with Gasteiger partial charge in [0.05, 0.1) is 17.2 Å². The Labute approximate surface area is 155 Å². The molecule has 1 amide bonds. The molecule has 0 saturated heterocycles. The molecule has 7 nitrogen and oxygen atoms in total. The molecule has 1 aromatic heterocycles. The van der Waals surface area contributed by atoms with Gasteiger partial charge in [0.15, 0.2) is 11.5 Å². The smallest absolute Gasteiger partial charge is 0.261 e. The van der Waals surface area contributed by atoms with E-state index >= 15 is 0 Å². The number of benzene rings is 2. The molecule has 0 bridgehead atoms. The van der Waals surface area contributed by atoms with E-state index in [4.69, 9.17) is 9.47 Å². The van der Waals surface area contributed by atoms with Crippen LogP contribution >= 0.6 is 0 Å². The second kappa shape index (κ2) is 7.11. The summed E-state index contributed by atoms with van der Waals surface area (Å²) in [6, 6.07) is 11.2. The van der Waals surface area contributed by atoms with E-state index in [9.17, 15) is 9.59 Å². The highest BCUT2D eigenvalue weighted by atomic mass is 16.7. The van der Waals surface area contributed by atoms with Gasteiger partial charge in [-0.1, -0.05) is 18.2 Å². The highest BCUT2D eigenvalue weighted by Crippen LogP contribution is 2.32. The van der Waals surface area contributed by atoms with Gasteiger partial charge in [-0.05, 0) is 42.7 Å². The summed E-state index contributed by atoms with van der Waals surface area (Å²) < 4.78 is 12.0. The number of fused-ring (bicyclic) bond motifs is 2. The molecule has 0 unspecified atom stereocenters. The van der Waals surface area contributed by atoms with E-state index in [0.717, 1.165) is 22.6 Å². The summed E-state index contributed by atoms with van der Waals surface area (Å²) in [6.07, 6.45) is 2.08. The van der Waals surface area contributed by atoms with Crippen LogP contribution in [0.3, 0.4) is 0 Å². The van der Waals surface area contributed by atoms with Crippen LogP contribution in [0.1, 0.15) is 11.1 Å². The second-order valence-electron chi connectivity index (χ2n) is 6.44. The Balaban J connectivity index is 1.38. The molecule has 4 rings (SSSR count). The van der Waals surface area contributed by atoms with Gasteiger partial charge in [0, 0.05) is 6.54 Å². The van der Waals surface area contributed by atoms with Gasteiger partial charge in [-0.3, -0.25) is 14.2 Å². The van der Waals surface area contributed by atoms with Gasteiger partial charge in [-0.2, -0.15) is 0 Å². The normalized spacial score (nSPS) is 12.3. The van der Waals surface area contributed by atoms with Crippen molar-refractivity contribution in [2.24, 2.45) is 0 Å². The van der Waals surface area contributed by atoms with Gasteiger partial charge in [0.25, 0.3) is 5.56 Å². The summed E-state index contributed by atoms with van der Waals surface area (Å²) in [4.78, 5) is 29.1. The maximum atomic E-state index is 12.5. The van der Waals surface area contributed by atoms with Gasteiger partial charge < -0.3 is 14.8 Å². The molecule has 27 heavy (non-hydrogen) atoms. The predicted octanol–water partition coefficient (Wildman–Crippen LogP) is 1.79. The summed E-state index contributed by atoms with van der Waals surface area (Å²) in [7, 11) is 0. The highest BCUT2D eigenvalue weighted by molar-refractivity contribution is 5.81. The molecule has 1 aliphatic rings. The molecule has 7 heteroatoms. The number of aromatic nitrogens is 2. The molecule has 0 aliphatic carbocycles. The molecular weight excluding hydrogens is 346 g/mol. The summed E-state index contributed by atoms with van der Waals surface area (Å²) in [5.74, 6) is 1.23. The molecule has 0 radical (unpaired) electrons. The van der Waals surface area contributed by atoms with Crippen LogP contribution in [0.4, 0.5) is 0 Å². The number of hydrogen-bond donors (Lipinski definition) is 1. The Morgan fingerprint density at radius 3 is 2.96 bits per heavy atom. The largest absolute Gasteiger partial charge is 0.454 e. The zero-order valence-corrected chi connectivity index (χ0v) is 14.9. The predicted molar refractivity (Wildman–Crippen MR) is 100 cm³/mol. The van der Waals surface area contributed by atoms with Gasteiger partial charge >= 0.3 is 0 Å². The van der Waals surface area contributed by atoms with Crippen LogP contribution in [0.2, 0.25) is 0 Å². The number of nitrogens with zero attached hydrogens (tertiary/aromatic N) is 2. The quantitative estimate of drug-likeness (QED) is 0.745. The minimum absolute atomic E-state index is 0.0587. The van der Waals surface area contributed by atoms with E-state index in [-0.39, 0.29) is 24.8 Å². The maximum Gasteiger partial charge on any atom is 0.261 e. The topological polar surface area (TPSA) is 82.5 Å². The fourth-order valence-electron chi connectivity index (χ4n) is 3.10. The van der Waals surface area contributed by atoms with Crippen molar-refractivity contribution in [3.8, 4) is 11.5 Å². The highest BCUT2D eigenvalue weighted by Gasteiger charge is 2.13. The molecule has 0 spiro atoms. The van der Waals surface area contributed by atoms with Gasteiger partial charge in [-0.25, -0.2) is 4.98 Å². The number of para-hydroxylation sites is 1. The summed E-state index contributed by atoms with van der Waals surface area (Å²) in [5, 5.41) is 3.35. The molecule has 0 atom stereocenters. The Bertz CT molecular complexity index is 1070.